The fraction of sp³-hybridized carbons (Fsp3) is 0.500. The number of hydrogen-bond acceptors (Lipinski definition) is 4. The first-order valence-corrected chi connectivity index (χ1v) is 6.46. The summed E-state index contributed by atoms with van der Waals surface area (Å²) in [5.74, 6) is 0. The van der Waals surface area contributed by atoms with E-state index in [9.17, 15) is 0 Å². The van der Waals surface area contributed by atoms with Crippen molar-refractivity contribution in [2.75, 3.05) is 31.3 Å². The van der Waals surface area contributed by atoms with Crippen molar-refractivity contribution in [2.45, 2.75) is 11.8 Å². The lowest BCUT2D eigenvalue weighted by Crippen LogP contribution is -2.33. The van der Waals surface area contributed by atoms with Crippen LogP contribution in [-0.2, 0) is 0 Å². The van der Waals surface area contributed by atoms with E-state index in [2.05, 4.69) is 11.4 Å². The average Bonchev–Trinajstić information content (AvgIpc) is 2.36. The second-order valence-electron chi connectivity index (χ2n) is 4.21. The number of rotatable bonds is 6. The summed E-state index contributed by atoms with van der Waals surface area (Å²) >= 11 is 1.69. The molecule has 0 aromatic heterocycles. The van der Waals surface area contributed by atoms with Crippen LogP contribution >= 0.6 is 11.8 Å². The number of anilines is 1. The van der Waals surface area contributed by atoms with E-state index < -0.39 is 5.41 Å². The van der Waals surface area contributed by atoms with E-state index in [0.717, 1.165) is 5.69 Å². The third-order valence-electron chi connectivity index (χ3n) is 2.55. The lowest BCUT2D eigenvalue weighted by molar-refractivity contribution is 0.0806. The van der Waals surface area contributed by atoms with Crippen LogP contribution in [0.1, 0.15) is 6.92 Å². The van der Waals surface area contributed by atoms with Crippen molar-refractivity contribution < 1.29 is 10.2 Å². The van der Waals surface area contributed by atoms with Crippen molar-refractivity contribution in [3.05, 3.63) is 24.3 Å². The van der Waals surface area contributed by atoms with Crippen LogP contribution in [0, 0.1) is 5.41 Å². The van der Waals surface area contributed by atoms with Gasteiger partial charge in [-0.3, -0.25) is 0 Å². The van der Waals surface area contributed by atoms with Gasteiger partial charge in [-0.15, -0.1) is 11.8 Å². The van der Waals surface area contributed by atoms with Crippen molar-refractivity contribution in [1.82, 2.24) is 0 Å². The lowest BCUT2D eigenvalue weighted by atomic mass is 9.93. The highest BCUT2D eigenvalue weighted by molar-refractivity contribution is 7.98. The molecule has 0 atom stereocenters. The van der Waals surface area contributed by atoms with Crippen molar-refractivity contribution >= 4 is 17.4 Å². The second-order valence-corrected chi connectivity index (χ2v) is 5.09. The number of nitrogens with one attached hydrogen (secondary N) is 1. The summed E-state index contributed by atoms with van der Waals surface area (Å²) in [6, 6.07) is 8.07. The fourth-order valence-corrected chi connectivity index (χ4v) is 1.67. The molecule has 0 heterocycles. The maximum absolute atomic E-state index is 9.16. The first-order valence-electron chi connectivity index (χ1n) is 5.23. The van der Waals surface area contributed by atoms with E-state index in [0.29, 0.717) is 6.54 Å². The van der Waals surface area contributed by atoms with Crippen LogP contribution in [0.25, 0.3) is 0 Å². The molecule has 0 aliphatic carbocycles. The molecular formula is C12H19NO2S. The van der Waals surface area contributed by atoms with Crippen LogP contribution in [0.5, 0.6) is 0 Å². The molecule has 16 heavy (non-hydrogen) atoms. The molecule has 90 valence electrons. The largest absolute Gasteiger partial charge is 0.396 e. The first kappa shape index (κ1) is 13.4. The summed E-state index contributed by atoms with van der Waals surface area (Å²) in [7, 11) is 0. The molecule has 1 rings (SSSR count). The first-order chi connectivity index (χ1) is 7.63. The average molecular weight is 241 g/mol. The summed E-state index contributed by atoms with van der Waals surface area (Å²) in [6.45, 7) is 2.34. The minimum Gasteiger partial charge on any atom is -0.396 e. The molecule has 0 bridgehead atoms. The molecule has 0 unspecified atom stereocenters. The Kier molecular flexibility index (Phi) is 5.12. The van der Waals surface area contributed by atoms with Crippen molar-refractivity contribution in [2.24, 2.45) is 5.41 Å². The highest BCUT2D eigenvalue weighted by Crippen LogP contribution is 2.21. The van der Waals surface area contributed by atoms with Crippen LogP contribution < -0.4 is 5.32 Å². The van der Waals surface area contributed by atoms with E-state index in [1.54, 1.807) is 11.8 Å². The Bertz CT molecular complexity index is 327. The minimum absolute atomic E-state index is 0.0290. The van der Waals surface area contributed by atoms with Gasteiger partial charge in [-0.25, -0.2) is 0 Å². The number of benzene rings is 1. The summed E-state index contributed by atoms with van der Waals surface area (Å²) in [4.78, 5) is 1.19. The van der Waals surface area contributed by atoms with Crippen molar-refractivity contribution in [3.8, 4) is 0 Å². The van der Waals surface area contributed by atoms with E-state index in [1.807, 2.05) is 31.4 Å². The van der Waals surface area contributed by atoms with Gasteiger partial charge in [-0.1, -0.05) is 13.0 Å². The molecule has 3 N–H and O–H groups in total. The van der Waals surface area contributed by atoms with Crippen LogP contribution in [-0.4, -0.2) is 36.2 Å². The maximum atomic E-state index is 9.16. The second kappa shape index (κ2) is 6.13. The topological polar surface area (TPSA) is 52.5 Å². The molecule has 0 saturated heterocycles. The van der Waals surface area contributed by atoms with Gasteiger partial charge < -0.3 is 15.5 Å². The molecule has 0 spiro atoms. The molecule has 0 radical (unpaired) electrons. The van der Waals surface area contributed by atoms with Crippen LogP contribution in [0.2, 0.25) is 0 Å². The van der Waals surface area contributed by atoms with E-state index in [-0.39, 0.29) is 13.2 Å². The van der Waals surface area contributed by atoms with Crippen LogP contribution in [0.3, 0.4) is 0 Å². The quantitative estimate of drug-likeness (QED) is 0.665. The van der Waals surface area contributed by atoms with Crippen LogP contribution in [0.4, 0.5) is 5.69 Å². The Morgan fingerprint density at radius 2 is 2.00 bits per heavy atom. The fourth-order valence-electron chi connectivity index (χ4n) is 1.21. The Morgan fingerprint density at radius 3 is 2.56 bits per heavy atom. The number of aliphatic hydroxyl groups is 2. The molecule has 0 amide bonds. The molecule has 0 aliphatic rings. The smallest absolute Gasteiger partial charge is 0.0523 e. The molecule has 3 nitrogen and oxygen atoms in total. The Labute approximate surface area is 101 Å². The van der Waals surface area contributed by atoms with Gasteiger partial charge in [-0.05, 0) is 24.5 Å². The van der Waals surface area contributed by atoms with E-state index in [1.165, 1.54) is 4.90 Å². The number of aliphatic hydroxyl groups excluding tert-OH is 2. The SMILES string of the molecule is CSc1cccc(NCC(C)(CO)CO)c1. The Hall–Kier alpha value is -0.710. The van der Waals surface area contributed by atoms with Gasteiger partial charge >= 0.3 is 0 Å². The van der Waals surface area contributed by atoms with Gasteiger partial charge in [0.2, 0.25) is 0 Å². The summed E-state index contributed by atoms with van der Waals surface area (Å²) in [6.07, 6.45) is 2.03. The predicted molar refractivity (Wildman–Crippen MR) is 69.0 cm³/mol. The predicted octanol–water partition coefficient (Wildman–Crippen LogP) is 1.81. The van der Waals surface area contributed by atoms with Crippen LogP contribution in [0.15, 0.2) is 29.2 Å². The van der Waals surface area contributed by atoms with Gasteiger partial charge in [0, 0.05) is 22.5 Å². The zero-order chi connectivity index (χ0) is 12.0. The van der Waals surface area contributed by atoms with Gasteiger partial charge in [0.15, 0.2) is 0 Å². The standard InChI is InChI=1S/C12H19NO2S/c1-12(8-14,9-15)7-13-10-4-3-5-11(6-10)16-2/h3-6,13-15H,7-9H2,1-2H3. The number of hydrogen-bond donors (Lipinski definition) is 3. The summed E-state index contributed by atoms with van der Waals surface area (Å²) < 4.78 is 0. The third-order valence-corrected chi connectivity index (χ3v) is 3.28. The molecule has 0 aliphatic heterocycles. The Balaban J connectivity index is 2.60. The zero-order valence-electron chi connectivity index (χ0n) is 9.73. The Morgan fingerprint density at radius 1 is 1.31 bits per heavy atom. The molecule has 1 aromatic carbocycles. The minimum atomic E-state index is -0.477. The van der Waals surface area contributed by atoms with E-state index >= 15 is 0 Å². The number of thioether (sulfide) groups is 1. The van der Waals surface area contributed by atoms with Gasteiger partial charge in [0.1, 0.15) is 0 Å². The molecule has 1 aromatic rings. The van der Waals surface area contributed by atoms with Gasteiger partial charge in [0.25, 0.3) is 0 Å². The van der Waals surface area contributed by atoms with Crippen molar-refractivity contribution in [3.63, 3.8) is 0 Å². The third kappa shape index (κ3) is 3.70. The zero-order valence-corrected chi connectivity index (χ0v) is 10.5. The summed E-state index contributed by atoms with van der Waals surface area (Å²) in [5.41, 5.74) is 0.537. The van der Waals surface area contributed by atoms with Gasteiger partial charge in [-0.2, -0.15) is 0 Å². The lowest BCUT2D eigenvalue weighted by Gasteiger charge is -2.25. The highest BCUT2D eigenvalue weighted by atomic mass is 32.2. The monoisotopic (exact) mass is 241 g/mol. The van der Waals surface area contributed by atoms with E-state index in [4.69, 9.17) is 10.2 Å². The highest BCUT2D eigenvalue weighted by Gasteiger charge is 2.21. The normalized spacial score (nSPS) is 11.5. The molecule has 0 saturated carbocycles. The van der Waals surface area contributed by atoms with Crippen molar-refractivity contribution in [1.29, 1.82) is 0 Å². The van der Waals surface area contributed by atoms with Gasteiger partial charge in [0.05, 0.1) is 13.2 Å². The molecule has 4 heteroatoms. The maximum Gasteiger partial charge on any atom is 0.0523 e. The summed E-state index contributed by atoms with van der Waals surface area (Å²) in [5, 5.41) is 21.5. The molecule has 0 fully saturated rings. The molecular weight excluding hydrogens is 222 g/mol.